The number of nitrogens with two attached hydrogens (primary N) is 1. The number of thiocarbonyl (C=S) groups is 1. The lowest BCUT2D eigenvalue weighted by atomic mass is 10.2. The fraction of sp³-hybridized carbons (Fsp3) is 0.125. The van der Waals surface area contributed by atoms with Crippen LogP contribution in [0.25, 0.3) is 0 Å². The van der Waals surface area contributed by atoms with E-state index in [0.717, 1.165) is 11.3 Å². The van der Waals surface area contributed by atoms with Crippen LogP contribution in [0.4, 0.5) is 0 Å². The normalized spacial score (nSPS) is 11.1. The van der Waals surface area contributed by atoms with Crippen molar-refractivity contribution in [2.24, 2.45) is 10.8 Å². The minimum atomic E-state index is 0.129. The molecule has 0 fully saturated rings. The summed E-state index contributed by atoms with van der Waals surface area (Å²) in [5, 5.41) is 4.50. The molecule has 0 aromatic carbocycles. The second-order valence-corrected chi connectivity index (χ2v) is 3.37. The van der Waals surface area contributed by atoms with Crippen molar-refractivity contribution in [3.05, 3.63) is 29.0 Å². The Morgan fingerprint density at radius 3 is 3.00 bits per heavy atom. The van der Waals surface area contributed by atoms with Crippen molar-refractivity contribution in [1.82, 2.24) is 10.4 Å². The minimum absolute atomic E-state index is 0.129. The first-order valence-electron chi connectivity index (χ1n) is 3.81. The molecular weight excluding hydrogens is 220 g/mol. The van der Waals surface area contributed by atoms with Gasteiger partial charge < -0.3 is 5.73 Å². The SMILES string of the molecule is CC(=NNC(N)=S)c1ccnc(Cl)c1. The standard InChI is InChI=1S/C8H9ClN4S/c1-5(12-13-8(10)14)6-2-3-11-7(9)4-6/h2-4H,1H3,(H3,10,13,14). The first-order valence-corrected chi connectivity index (χ1v) is 4.60. The monoisotopic (exact) mass is 228 g/mol. The molecule has 14 heavy (non-hydrogen) atoms. The molecule has 1 aromatic rings. The zero-order chi connectivity index (χ0) is 10.6. The average molecular weight is 229 g/mol. The number of hydrogen-bond donors (Lipinski definition) is 2. The van der Waals surface area contributed by atoms with E-state index in [4.69, 9.17) is 17.3 Å². The quantitative estimate of drug-likeness (QED) is 0.347. The van der Waals surface area contributed by atoms with E-state index in [1.54, 1.807) is 18.3 Å². The molecule has 0 bridgehead atoms. The van der Waals surface area contributed by atoms with Gasteiger partial charge in [0.15, 0.2) is 5.11 Å². The van der Waals surface area contributed by atoms with E-state index in [1.807, 2.05) is 6.92 Å². The van der Waals surface area contributed by atoms with Gasteiger partial charge in [-0.1, -0.05) is 11.6 Å². The average Bonchev–Trinajstić information content (AvgIpc) is 2.14. The lowest BCUT2D eigenvalue weighted by Crippen LogP contribution is -2.25. The van der Waals surface area contributed by atoms with Crippen LogP contribution in [0.3, 0.4) is 0 Å². The fourth-order valence-electron chi connectivity index (χ4n) is 0.831. The molecule has 0 aliphatic carbocycles. The molecule has 0 saturated heterocycles. The highest BCUT2D eigenvalue weighted by atomic mass is 35.5. The summed E-state index contributed by atoms with van der Waals surface area (Å²) in [7, 11) is 0. The Morgan fingerprint density at radius 1 is 1.71 bits per heavy atom. The van der Waals surface area contributed by atoms with E-state index < -0.39 is 0 Å². The Hall–Kier alpha value is -1.20. The number of nitrogens with zero attached hydrogens (tertiary/aromatic N) is 2. The molecule has 0 aliphatic rings. The summed E-state index contributed by atoms with van der Waals surface area (Å²) in [6.45, 7) is 1.82. The van der Waals surface area contributed by atoms with Gasteiger partial charge in [0, 0.05) is 11.8 Å². The van der Waals surface area contributed by atoms with E-state index in [2.05, 4.69) is 27.7 Å². The van der Waals surface area contributed by atoms with Crippen LogP contribution >= 0.6 is 23.8 Å². The van der Waals surface area contributed by atoms with Gasteiger partial charge in [0.05, 0.1) is 5.71 Å². The van der Waals surface area contributed by atoms with Gasteiger partial charge >= 0.3 is 0 Å². The highest BCUT2D eigenvalue weighted by molar-refractivity contribution is 7.80. The van der Waals surface area contributed by atoms with Crippen molar-refractivity contribution in [2.45, 2.75) is 6.92 Å². The van der Waals surface area contributed by atoms with Crippen molar-refractivity contribution in [3.8, 4) is 0 Å². The molecule has 74 valence electrons. The van der Waals surface area contributed by atoms with Gasteiger partial charge in [-0.05, 0) is 31.3 Å². The van der Waals surface area contributed by atoms with Gasteiger partial charge in [-0.2, -0.15) is 5.10 Å². The predicted octanol–water partition coefficient (Wildman–Crippen LogP) is 1.29. The van der Waals surface area contributed by atoms with E-state index in [9.17, 15) is 0 Å². The van der Waals surface area contributed by atoms with Gasteiger partial charge in [0.1, 0.15) is 5.15 Å². The van der Waals surface area contributed by atoms with Gasteiger partial charge in [0.2, 0.25) is 0 Å². The minimum Gasteiger partial charge on any atom is -0.375 e. The van der Waals surface area contributed by atoms with Crippen LogP contribution in [0.2, 0.25) is 5.15 Å². The number of hydrazone groups is 1. The smallest absolute Gasteiger partial charge is 0.184 e. The summed E-state index contributed by atoms with van der Waals surface area (Å²) in [4.78, 5) is 3.86. The third-order valence-corrected chi connectivity index (χ3v) is 1.78. The van der Waals surface area contributed by atoms with Crippen LogP contribution in [0.1, 0.15) is 12.5 Å². The summed E-state index contributed by atoms with van der Waals surface area (Å²) < 4.78 is 0. The topological polar surface area (TPSA) is 63.3 Å². The van der Waals surface area contributed by atoms with Gasteiger partial charge in [-0.3, -0.25) is 5.43 Å². The summed E-state index contributed by atoms with van der Waals surface area (Å²) >= 11 is 10.3. The molecule has 0 radical (unpaired) electrons. The lowest BCUT2D eigenvalue weighted by molar-refractivity contribution is 1.03. The van der Waals surface area contributed by atoms with E-state index in [1.165, 1.54) is 0 Å². The number of halogens is 1. The molecule has 3 N–H and O–H groups in total. The van der Waals surface area contributed by atoms with Gasteiger partial charge in [0.25, 0.3) is 0 Å². The molecule has 1 aromatic heterocycles. The highest BCUT2D eigenvalue weighted by Crippen LogP contribution is 2.07. The largest absolute Gasteiger partial charge is 0.375 e. The maximum absolute atomic E-state index is 5.71. The van der Waals surface area contributed by atoms with Crippen molar-refractivity contribution >= 4 is 34.6 Å². The van der Waals surface area contributed by atoms with Crippen LogP contribution in [-0.2, 0) is 0 Å². The second-order valence-electron chi connectivity index (χ2n) is 2.54. The molecule has 0 saturated carbocycles. The van der Waals surface area contributed by atoms with Crippen LogP contribution in [0.15, 0.2) is 23.4 Å². The maximum Gasteiger partial charge on any atom is 0.184 e. The summed E-state index contributed by atoms with van der Waals surface area (Å²) in [5.74, 6) is 0. The Balaban J connectivity index is 2.83. The third-order valence-electron chi connectivity index (χ3n) is 1.48. The zero-order valence-corrected chi connectivity index (χ0v) is 9.06. The summed E-state index contributed by atoms with van der Waals surface area (Å²) in [6.07, 6.45) is 1.61. The number of rotatable bonds is 2. The maximum atomic E-state index is 5.71. The van der Waals surface area contributed by atoms with Crippen molar-refractivity contribution in [3.63, 3.8) is 0 Å². The first-order chi connectivity index (χ1) is 6.59. The van der Waals surface area contributed by atoms with Gasteiger partial charge in [-0.25, -0.2) is 4.98 Å². The Morgan fingerprint density at radius 2 is 2.43 bits per heavy atom. The number of pyridine rings is 1. The number of nitrogens with one attached hydrogen (secondary N) is 1. The van der Waals surface area contributed by atoms with Crippen LogP contribution in [0, 0.1) is 0 Å². The van der Waals surface area contributed by atoms with Crippen molar-refractivity contribution in [2.75, 3.05) is 0 Å². The van der Waals surface area contributed by atoms with Crippen LogP contribution < -0.4 is 11.2 Å². The molecule has 4 nitrogen and oxygen atoms in total. The Kier molecular flexibility index (Phi) is 3.79. The number of aromatic nitrogens is 1. The lowest BCUT2D eigenvalue weighted by Gasteiger charge is -2.01. The third kappa shape index (κ3) is 3.27. The van der Waals surface area contributed by atoms with E-state index in [0.29, 0.717) is 5.15 Å². The zero-order valence-electron chi connectivity index (χ0n) is 7.49. The molecule has 1 heterocycles. The fourth-order valence-corrected chi connectivity index (χ4v) is 1.05. The molecule has 1 rings (SSSR count). The second kappa shape index (κ2) is 4.88. The van der Waals surface area contributed by atoms with E-state index >= 15 is 0 Å². The molecule has 0 spiro atoms. The predicted molar refractivity (Wildman–Crippen MR) is 61.4 cm³/mol. The van der Waals surface area contributed by atoms with Crippen molar-refractivity contribution in [1.29, 1.82) is 0 Å². The number of hydrogen-bond acceptors (Lipinski definition) is 3. The molecule has 6 heteroatoms. The summed E-state index contributed by atoms with van der Waals surface area (Å²) in [5.41, 5.74) is 9.33. The van der Waals surface area contributed by atoms with E-state index in [-0.39, 0.29) is 5.11 Å². The summed E-state index contributed by atoms with van der Waals surface area (Å²) in [6, 6.07) is 3.51. The highest BCUT2D eigenvalue weighted by Gasteiger charge is 1.98. The molecule has 0 atom stereocenters. The first kappa shape index (κ1) is 10.9. The molecule has 0 unspecified atom stereocenters. The van der Waals surface area contributed by atoms with Crippen LogP contribution in [0.5, 0.6) is 0 Å². The van der Waals surface area contributed by atoms with Gasteiger partial charge in [-0.15, -0.1) is 0 Å². The Bertz CT molecular complexity index is 377. The molecular formula is C8H9ClN4S. The van der Waals surface area contributed by atoms with Crippen LogP contribution in [-0.4, -0.2) is 15.8 Å². The molecule has 0 aliphatic heterocycles. The molecule has 0 amide bonds. The van der Waals surface area contributed by atoms with Crippen molar-refractivity contribution < 1.29 is 0 Å². The Labute approximate surface area is 92.2 Å².